The van der Waals surface area contributed by atoms with E-state index >= 15 is 0 Å². The van der Waals surface area contributed by atoms with Crippen molar-refractivity contribution in [1.82, 2.24) is 30.2 Å². The lowest BCUT2D eigenvalue weighted by atomic mass is 10.1. The fourth-order valence-corrected chi connectivity index (χ4v) is 2.11. The van der Waals surface area contributed by atoms with E-state index < -0.39 is 0 Å². The molecule has 1 aliphatic heterocycles. The van der Waals surface area contributed by atoms with E-state index in [1.54, 1.807) is 10.7 Å². The average molecular weight is 345 g/mol. The van der Waals surface area contributed by atoms with Gasteiger partial charge in [-0.1, -0.05) is 11.6 Å². The molecular weight excluding hydrogens is 327 g/mol. The molecule has 1 amide bonds. The van der Waals surface area contributed by atoms with Gasteiger partial charge in [-0.05, 0) is 26.0 Å². The lowest BCUT2D eigenvalue weighted by Gasteiger charge is -2.13. The van der Waals surface area contributed by atoms with Gasteiger partial charge in [-0.2, -0.15) is 4.98 Å². The Balaban J connectivity index is 0.00000121. The highest BCUT2D eigenvalue weighted by atomic mass is 35.5. The molecule has 0 aromatic carbocycles. The van der Waals surface area contributed by atoms with Gasteiger partial charge in [-0.3, -0.25) is 4.79 Å². The zero-order valence-electron chi connectivity index (χ0n) is 12.1. The van der Waals surface area contributed by atoms with Crippen molar-refractivity contribution in [3.8, 4) is 0 Å². The van der Waals surface area contributed by atoms with Crippen molar-refractivity contribution < 1.29 is 4.79 Å². The highest BCUT2D eigenvalue weighted by Crippen LogP contribution is 2.04. The third-order valence-corrected chi connectivity index (χ3v) is 3.27. The SMILES string of the molecule is Cc1ccnc2nc(C(=O)NCC3=CCNCC3)nn12.Cl.Cl. The summed E-state index contributed by atoms with van der Waals surface area (Å²) >= 11 is 0. The van der Waals surface area contributed by atoms with Gasteiger partial charge >= 0.3 is 0 Å². The first kappa shape index (κ1) is 18.3. The van der Waals surface area contributed by atoms with E-state index in [2.05, 4.69) is 31.8 Å². The molecule has 3 heterocycles. The summed E-state index contributed by atoms with van der Waals surface area (Å²) in [7, 11) is 0. The molecule has 22 heavy (non-hydrogen) atoms. The normalized spacial score (nSPS) is 13.8. The first-order chi connectivity index (χ1) is 9.74. The minimum absolute atomic E-state index is 0. The van der Waals surface area contributed by atoms with Crippen molar-refractivity contribution in [2.45, 2.75) is 13.3 Å². The molecule has 0 fully saturated rings. The topological polar surface area (TPSA) is 84.2 Å². The number of carbonyl (C=O) groups excluding carboxylic acids is 1. The van der Waals surface area contributed by atoms with E-state index in [0.29, 0.717) is 12.3 Å². The third-order valence-electron chi connectivity index (χ3n) is 3.27. The highest BCUT2D eigenvalue weighted by molar-refractivity contribution is 5.90. The number of amides is 1. The lowest BCUT2D eigenvalue weighted by Crippen LogP contribution is -2.30. The molecule has 0 radical (unpaired) electrons. The largest absolute Gasteiger partial charge is 0.346 e. The zero-order chi connectivity index (χ0) is 13.9. The van der Waals surface area contributed by atoms with Crippen molar-refractivity contribution in [2.75, 3.05) is 19.6 Å². The molecule has 3 rings (SSSR count). The Hall–Kier alpha value is -1.70. The number of fused-ring (bicyclic) bond motifs is 1. The van der Waals surface area contributed by atoms with Crippen LogP contribution in [0.3, 0.4) is 0 Å². The predicted octanol–water partition coefficient (Wildman–Crippen LogP) is 0.926. The summed E-state index contributed by atoms with van der Waals surface area (Å²) in [6, 6.07) is 1.82. The lowest BCUT2D eigenvalue weighted by molar-refractivity contribution is 0.0946. The molecule has 9 heteroatoms. The van der Waals surface area contributed by atoms with Crippen molar-refractivity contribution in [3.05, 3.63) is 35.4 Å². The summed E-state index contributed by atoms with van der Waals surface area (Å²) in [6.45, 7) is 4.26. The maximum Gasteiger partial charge on any atom is 0.291 e. The number of halogens is 2. The Morgan fingerprint density at radius 1 is 1.45 bits per heavy atom. The molecule has 0 atom stereocenters. The number of nitrogens with zero attached hydrogens (tertiary/aromatic N) is 4. The van der Waals surface area contributed by atoms with Crippen molar-refractivity contribution >= 4 is 36.5 Å². The monoisotopic (exact) mass is 344 g/mol. The summed E-state index contributed by atoms with van der Waals surface area (Å²) < 4.78 is 1.57. The number of carbonyl (C=O) groups is 1. The Kier molecular flexibility index (Phi) is 6.73. The maximum absolute atomic E-state index is 12.0. The first-order valence-electron chi connectivity index (χ1n) is 6.59. The van der Waals surface area contributed by atoms with Crippen molar-refractivity contribution in [3.63, 3.8) is 0 Å². The minimum Gasteiger partial charge on any atom is -0.346 e. The molecule has 0 bridgehead atoms. The van der Waals surface area contributed by atoms with Crippen LogP contribution < -0.4 is 10.6 Å². The number of hydrogen-bond donors (Lipinski definition) is 2. The van der Waals surface area contributed by atoms with E-state index in [1.807, 2.05) is 13.0 Å². The third kappa shape index (κ3) is 3.94. The average Bonchev–Trinajstić information content (AvgIpc) is 2.91. The van der Waals surface area contributed by atoms with Gasteiger partial charge in [-0.15, -0.1) is 29.9 Å². The second-order valence-electron chi connectivity index (χ2n) is 4.73. The van der Waals surface area contributed by atoms with Gasteiger partial charge in [0, 0.05) is 25.0 Å². The van der Waals surface area contributed by atoms with Gasteiger partial charge in [0.1, 0.15) is 0 Å². The van der Waals surface area contributed by atoms with Gasteiger partial charge in [0.15, 0.2) is 0 Å². The Morgan fingerprint density at radius 2 is 2.27 bits per heavy atom. The second-order valence-corrected chi connectivity index (χ2v) is 4.73. The minimum atomic E-state index is -0.269. The Bertz CT molecular complexity index is 684. The number of rotatable bonds is 3. The van der Waals surface area contributed by atoms with E-state index in [0.717, 1.165) is 25.2 Å². The van der Waals surface area contributed by atoms with Gasteiger partial charge < -0.3 is 10.6 Å². The molecule has 2 aromatic rings. The van der Waals surface area contributed by atoms with Crippen LogP contribution in [0, 0.1) is 6.92 Å². The fraction of sp³-hybridized carbons (Fsp3) is 0.385. The number of hydrogen-bond acceptors (Lipinski definition) is 5. The van der Waals surface area contributed by atoms with E-state index in [1.165, 1.54) is 5.57 Å². The number of aromatic nitrogens is 4. The maximum atomic E-state index is 12.0. The van der Waals surface area contributed by atoms with Crippen molar-refractivity contribution in [2.24, 2.45) is 0 Å². The molecule has 0 spiro atoms. The standard InChI is InChI=1S/C13H16N6O.2ClH/c1-9-2-7-15-13-17-11(18-19(9)13)12(20)16-8-10-3-5-14-6-4-10;;/h2-3,7,14H,4-6,8H2,1H3,(H,16,20);2*1H. The number of nitrogens with one attached hydrogen (secondary N) is 2. The molecule has 1 aliphatic rings. The highest BCUT2D eigenvalue weighted by Gasteiger charge is 2.14. The van der Waals surface area contributed by atoms with Crippen LogP contribution in [-0.4, -0.2) is 45.1 Å². The van der Waals surface area contributed by atoms with Crippen molar-refractivity contribution in [1.29, 1.82) is 0 Å². The van der Waals surface area contributed by atoms with E-state index in [-0.39, 0.29) is 36.5 Å². The second kappa shape index (κ2) is 8.07. The van der Waals surface area contributed by atoms with Gasteiger partial charge in [0.05, 0.1) is 0 Å². The van der Waals surface area contributed by atoms with Gasteiger partial charge in [0.2, 0.25) is 5.82 Å². The van der Waals surface area contributed by atoms with Crippen LogP contribution in [0.1, 0.15) is 22.7 Å². The van der Waals surface area contributed by atoms with Gasteiger partial charge in [0.25, 0.3) is 11.7 Å². The first-order valence-corrected chi connectivity index (χ1v) is 6.59. The van der Waals surface area contributed by atoms with E-state index in [9.17, 15) is 4.79 Å². The summed E-state index contributed by atoms with van der Waals surface area (Å²) in [6.07, 6.45) is 4.72. The smallest absolute Gasteiger partial charge is 0.291 e. The number of aryl methyl sites for hydroxylation is 1. The molecule has 2 aromatic heterocycles. The molecule has 7 nitrogen and oxygen atoms in total. The fourth-order valence-electron chi connectivity index (χ4n) is 2.11. The molecule has 0 unspecified atom stereocenters. The van der Waals surface area contributed by atoms with E-state index in [4.69, 9.17) is 0 Å². The van der Waals surface area contributed by atoms with Crippen LogP contribution in [0.15, 0.2) is 23.9 Å². The molecule has 2 N–H and O–H groups in total. The Labute approximate surface area is 140 Å². The predicted molar refractivity (Wildman–Crippen MR) is 87.9 cm³/mol. The molecule has 0 saturated carbocycles. The van der Waals surface area contributed by atoms with Crippen LogP contribution in [-0.2, 0) is 0 Å². The summed E-state index contributed by atoms with van der Waals surface area (Å²) in [4.78, 5) is 20.3. The van der Waals surface area contributed by atoms with Crippen LogP contribution in [0.25, 0.3) is 5.78 Å². The quantitative estimate of drug-likeness (QED) is 0.809. The van der Waals surface area contributed by atoms with Crippen LogP contribution in [0.5, 0.6) is 0 Å². The van der Waals surface area contributed by atoms with Crippen LogP contribution in [0.4, 0.5) is 0 Å². The summed E-state index contributed by atoms with van der Waals surface area (Å²) in [5.74, 6) is 0.326. The zero-order valence-corrected chi connectivity index (χ0v) is 13.7. The Morgan fingerprint density at radius 3 is 2.95 bits per heavy atom. The molecular formula is C13H18Cl2N6O. The van der Waals surface area contributed by atoms with Crippen LogP contribution >= 0.6 is 24.8 Å². The molecule has 0 aliphatic carbocycles. The van der Waals surface area contributed by atoms with Crippen LogP contribution in [0.2, 0.25) is 0 Å². The summed E-state index contributed by atoms with van der Waals surface area (Å²) in [5.41, 5.74) is 2.12. The summed E-state index contributed by atoms with van der Waals surface area (Å²) in [5, 5.41) is 10.3. The van der Waals surface area contributed by atoms with Gasteiger partial charge in [-0.25, -0.2) is 9.50 Å². The molecule has 120 valence electrons. The molecule has 0 saturated heterocycles.